The lowest BCUT2D eigenvalue weighted by Gasteiger charge is -2.17. The second-order valence-electron chi connectivity index (χ2n) is 3.56. The lowest BCUT2D eigenvalue weighted by atomic mass is 9.94. The summed E-state index contributed by atoms with van der Waals surface area (Å²) in [7, 11) is 0. The first-order valence-electron chi connectivity index (χ1n) is 4.57. The van der Waals surface area contributed by atoms with Crippen molar-refractivity contribution in [3.63, 3.8) is 0 Å². The molecule has 7 heteroatoms. The molecule has 0 saturated carbocycles. The van der Waals surface area contributed by atoms with Crippen LogP contribution in [0.3, 0.4) is 0 Å². The molecule has 2 bridgehead atoms. The van der Waals surface area contributed by atoms with Crippen LogP contribution < -0.4 is 5.73 Å². The fourth-order valence-electron chi connectivity index (χ4n) is 1.14. The van der Waals surface area contributed by atoms with E-state index in [-0.39, 0.29) is 0 Å². The van der Waals surface area contributed by atoms with Gasteiger partial charge in [0.2, 0.25) is 0 Å². The van der Waals surface area contributed by atoms with Gasteiger partial charge in [-0.15, -0.1) is 0 Å². The van der Waals surface area contributed by atoms with Gasteiger partial charge in [0.25, 0.3) is 0 Å². The minimum absolute atomic E-state index is 1.22. The Kier molecular flexibility index (Phi) is 3.71. The van der Waals surface area contributed by atoms with Crippen LogP contribution in [0.2, 0.25) is 0 Å². The van der Waals surface area contributed by atoms with Gasteiger partial charge in [-0.1, -0.05) is 24.3 Å². The highest BCUT2D eigenvalue weighted by Gasteiger charge is 2.54. The molecule has 2 aliphatic carbocycles. The van der Waals surface area contributed by atoms with Crippen LogP contribution in [0, 0.1) is 0 Å². The van der Waals surface area contributed by atoms with Crippen LogP contribution in [0.1, 0.15) is 11.1 Å². The molecule has 1 aromatic carbocycles. The topological polar surface area (TPSA) is 26.0 Å². The summed E-state index contributed by atoms with van der Waals surface area (Å²) in [6.45, 7) is 0. The third-order valence-electron chi connectivity index (χ3n) is 2.10. The van der Waals surface area contributed by atoms with Gasteiger partial charge in [-0.25, -0.2) is 0 Å². The quantitative estimate of drug-likeness (QED) is 0.721. The Balaban J connectivity index is 0.000000177. The van der Waals surface area contributed by atoms with E-state index in [4.69, 9.17) is 0 Å². The van der Waals surface area contributed by atoms with Crippen molar-refractivity contribution in [2.75, 3.05) is 0 Å². The van der Waals surface area contributed by atoms with E-state index in [1.54, 1.807) is 0 Å². The zero-order valence-electron chi connectivity index (χ0n) is 8.44. The lowest BCUT2D eigenvalue weighted by Crippen LogP contribution is -2.49. The maximum absolute atomic E-state index is 11.1. The van der Waals surface area contributed by atoms with Gasteiger partial charge in [0.05, 0.1) is 0 Å². The summed E-state index contributed by atoms with van der Waals surface area (Å²) in [5.74, 6) is 0. The molecule has 2 N–H and O–H groups in total. The van der Waals surface area contributed by atoms with Crippen LogP contribution in [0.5, 0.6) is 0 Å². The van der Waals surface area contributed by atoms with Crippen LogP contribution in [-0.2, 0) is 6.42 Å². The molecule has 0 spiro atoms. The second-order valence-corrected chi connectivity index (χ2v) is 3.56. The number of rotatable bonds is 0. The zero-order chi connectivity index (χ0) is 13.3. The predicted molar refractivity (Wildman–Crippen MR) is 49.3 cm³/mol. The molecule has 0 aliphatic heterocycles. The number of halogens is 6. The summed E-state index contributed by atoms with van der Waals surface area (Å²) in [6.07, 6.45) is -9.59. The summed E-state index contributed by atoms with van der Waals surface area (Å²) < 4.78 is 66.6. The molecule has 0 radical (unpaired) electrons. The Morgan fingerprint density at radius 2 is 1.29 bits per heavy atom. The number of hydrogen-bond acceptors (Lipinski definition) is 1. The van der Waals surface area contributed by atoms with Crippen molar-refractivity contribution in [2.45, 2.75) is 24.8 Å². The van der Waals surface area contributed by atoms with Crippen LogP contribution in [0.25, 0.3) is 0 Å². The maximum atomic E-state index is 11.1. The highest BCUT2D eigenvalue weighted by molar-refractivity contribution is 5.37. The van der Waals surface area contributed by atoms with Gasteiger partial charge in [-0.3, -0.25) is 0 Å². The minimum Gasteiger partial charge on any atom is -0.313 e. The number of alkyl halides is 6. The van der Waals surface area contributed by atoms with Gasteiger partial charge in [0, 0.05) is 0 Å². The van der Waals surface area contributed by atoms with E-state index in [0.29, 0.717) is 0 Å². The maximum Gasteiger partial charge on any atom is 0.412 e. The van der Waals surface area contributed by atoms with E-state index in [0.717, 1.165) is 0 Å². The molecular formula is C10H9F6N. The first-order chi connectivity index (χ1) is 7.60. The van der Waals surface area contributed by atoms with Crippen LogP contribution >= 0.6 is 0 Å². The highest BCUT2D eigenvalue weighted by atomic mass is 19.4. The molecule has 2 aliphatic rings. The molecule has 96 valence electrons. The molecule has 0 saturated heterocycles. The highest BCUT2D eigenvalue weighted by Crippen LogP contribution is 2.31. The molecule has 1 aromatic rings. The molecule has 0 unspecified atom stereocenters. The fraction of sp³-hybridized carbons (Fsp3) is 0.400. The number of hydrogen-bond donors (Lipinski definition) is 1. The molecule has 0 fully saturated rings. The molecule has 3 rings (SSSR count). The standard InChI is InChI=1S/C7H6.C3H3F6N/c1-2-6-4-7(3-1)5-6;4-2(5,6)1(10)3(7,8)9/h1-4H,5H2;1H,10H2. The van der Waals surface area contributed by atoms with Gasteiger partial charge >= 0.3 is 12.4 Å². The first kappa shape index (κ1) is 13.8. The molecule has 17 heavy (non-hydrogen) atoms. The van der Waals surface area contributed by atoms with Gasteiger partial charge in [-0.05, 0) is 17.5 Å². The summed E-state index contributed by atoms with van der Waals surface area (Å²) in [6, 6.07) is 4.91. The Bertz CT molecular complexity index is 342. The summed E-state index contributed by atoms with van der Waals surface area (Å²) in [5, 5.41) is 0. The van der Waals surface area contributed by atoms with E-state index >= 15 is 0 Å². The van der Waals surface area contributed by atoms with Gasteiger partial charge < -0.3 is 5.73 Å². The van der Waals surface area contributed by atoms with Crippen molar-refractivity contribution >= 4 is 0 Å². The van der Waals surface area contributed by atoms with Crippen molar-refractivity contribution in [3.8, 4) is 0 Å². The number of nitrogens with two attached hydrogens (primary N) is 1. The van der Waals surface area contributed by atoms with E-state index in [2.05, 4.69) is 30.0 Å². The van der Waals surface area contributed by atoms with Crippen molar-refractivity contribution in [3.05, 3.63) is 35.4 Å². The van der Waals surface area contributed by atoms with E-state index in [9.17, 15) is 26.3 Å². The lowest BCUT2D eigenvalue weighted by molar-refractivity contribution is -0.248. The normalized spacial score (nSPS) is 13.9. The SMILES string of the molecule is NC(C(F)(F)F)C(F)(F)F.c1cc2cc(c1)C2. The minimum atomic E-state index is -5.40. The third-order valence-corrected chi connectivity index (χ3v) is 2.10. The number of fused-ring (bicyclic) bond motifs is 2. The van der Waals surface area contributed by atoms with E-state index < -0.39 is 18.4 Å². The Labute approximate surface area is 93.2 Å². The predicted octanol–water partition coefficient (Wildman–Crippen LogP) is 3.03. The zero-order valence-corrected chi connectivity index (χ0v) is 8.44. The smallest absolute Gasteiger partial charge is 0.313 e. The second kappa shape index (κ2) is 4.56. The van der Waals surface area contributed by atoms with Crippen molar-refractivity contribution in [1.29, 1.82) is 0 Å². The Morgan fingerprint density at radius 1 is 0.941 bits per heavy atom. The molecule has 0 heterocycles. The fourth-order valence-corrected chi connectivity index (χ4v) is 1.14. The van der Waals surface area contributed by atoms with Crippen molar-refractivity contribution in [2.24, 2.45) is 5.73 Å². The van der Waals surface area contributed by atoms with E-state index in [1.807, 2.05) is 0 Å². The van der Waals surface area contributed by atoms with Crippen molar-refractivity contribution < 1.29 is 26.3 Å². The van der Waals surface area contributed by atoms with Crippen LogP contribution in [0.15, 0.2) is 24.3 Å². The van der Waals surface area contributed by atoms with Gasteiger partial charge in [0.1, 0.15) is 0 Å². The van der Waals surface area contributed by atoms with Crippen molar-refractivity contribution in [1.82, 2.24) is 0 Å². The molecular weight excluding hydrogens is 248 g/mol. The first-order valence-corrected chi connectivity index (χ1v) is 4.57. The average Bonchev–Trinajstić information content (AvgIpc) is 2.15. The van der Waals surface area contributed by atoms with Gasteiger partial charge in [-0.2, -0.15) is 26.3 Å². The van der Waals surface area contributed by atoms with E-state index in [1.165, 1.54) is 17.5 Å². The van der Waals surface area contributed by atoms with Crippen LogP contribution in [-0.4, -0.2) is 18.4 Å². The Hall–Kier alpha value is -1.24. The largest absolute Gasteiger partial charge is 0.412 e. The van der Waals surface area contributed by atoms with Crippen LogP contribution in [0.4, 0.5) is 26.3 Å². The van der Waals surface area contributed by atoms with Gasteiger partial charge in [0.15, 0.2) is 6.04 Å². The molecule has 0 amide bonds. The average molecular weight is 257 g/mol. The number of benzene rings is 1. The summed E-state index contributed by atoms with van der Waals surface area (Å²) >= 11 is 0. The summed E-state index contributed by atoms with van der Waals surface area (Å²) in [5.41, 5.74) is 6.75. The monoisotopic (exact) mass is 257 g/mol. The molecule has 0 aromatic heterocycles. The molecule has 1 nitrogen and oxygen atoms in total. The molecule has 0 atom stereocenters. The summed E-state index contributed by atoms with van der Waals surface area (Å²) in [4.78, 5) is 0. The third kappa shape index (κ3) is 3.92. The Morgan fingerprint density at radius 3 is 1.35 bits per heavy atom.